The quantitative estimate of drug-likeness (QED) is 0.926. The van der Waals surface area contributed by atoms with Crippen molar-refractivity contribution in [1.82, 2.24) is 15.5 Å². The lowest BCUT2D eigenvalue weighted by atomic mass is 9.95. The predicted octanol–water partition coefficient (Wildman–Crippen LogP) is 1.68. The van der Waals surface area contributed by atoms with E-state index in [0.717, 1.165) is 38.2 Å². The van der Waals surface area contributed by atoms with Crippen molar-refractivity contribution in [2.45, 2.75) is 30.7 Å². The van der Waals surface area contributed by atoms with E-state index >= 15 is 0 Å². The molecule has 1 N–H and O–H groups in total. The summed E-state index contributed by atoms with van der Waals surface area (Å²) in [6, 6.07) is 10.8. The first-order valence-corrected chi connectivity index (χ1v) is 7.56. The summed E-state index contributed by atoms with van der Waals surface area (Å²) in [6.45, 7) is 2.38. The molecular formula is C16H19N3O2. The second-order valence-corrected chi connectivity index (χ2v) is 5.89. The lowest BCUT2D eigenvalue weighted by Crippen LogP contribution is -2.42. The summed E-state index contributed by atoms with van der Waals surface area (Å²) in [5.41, 5.74) is 1.27. The molecule has 1 aromatic carbocycles. The number of rotatable bonds is 4. The number of morpholine rings is 1. The zero-order valence-corrected chi connectivity index (χ0v) is 11.9. The molecule has 0 amide bonds. The van der Waals surface area contributed by atoms with Gasteiger partial charge >= 0.3 is 0 Å². The van der Waals surface area contributed by atoms with Crippen LogP contribution in [0.3, 0.4) is 0 Å². The maximum atomic E-state index is 5.46. The fourth-order valence-corrected chi connectivity index (χ4v) is 3.02. The van der Waals surface area contributed by atoms with Crippen LogP contribution in [-0.4, -0.2) is 35.9 Å². The van der Waals surface area contributed by atoms with Crippen molar-refractivity contribution < 1.29 is 9.26 Å². The highest BCUT2D eigenvalue weighted by molar-refractivity contribution is 5.38. The minimum absolute atomic E-state index is 0.0144. The zero-order valence-electron chi connectivity index (χ0n) is 11.9. The molecule has 1 atom stereocenters. The van der Waals surface area contributed by atoms with Crippen molar-refractivity contribution in [3.8, 4) is 0 Å². The van der Waals surface area contributed by atoms with E-state index in [9.17, 15) is 0 Å². The molecule has 0 spiro atoms. The third-order valence-corrected chi connectivity index (χ3v) is 4.39. The second-order valence-electron chi connectivity index (χ2n) is 5.89. The van der Waals surface area contributed by atoms with Crippen LogP contribution >= 0.6 is 0 Å². The average Bonchev–Trinajstić information content (AvgIpc) is 3.23. The van der Waals surface area contributed by atoms with E-state index in [1.807, 2.05) is 6.07 Å². The van der Waals surface area contributed by atoms with Gasteiger partial charge in [-0.15, -0.1) is 0 Å². The number of aromatic nitrogens is 2. The largest absolute Gasteiger partial charge is 0.378 e. The van der Waals surface area contributed by atoms with Gasteiger partial charge < -0.3 is 14.6 Å². The first-order valence-electron chi connectivity index (χ1n) is 7.56. The van der Waals surface area contributed by atoms with Gasteiger partial charge in [0.1, 0.15) is 0 Å². The molecule has 1 saturated heterocycles. The summed E-state index contributed by atoms with van der Waals surface area (Å²) in [5.74, 6) is 1.54. The molecule has 0 radical (unpaired) electrons. The number of nitrogens with zero attached hydrogens (tertiary/aromatic N) is 2. The molecule has 5 heteroatoms. The lowest BCUT2D eigenvalue weighted by Gasteiger charge is -2.22. The Bertz CT molecular complexity index is 601. The van der Waals surface area contributed by atoms with Gasteiger partial charge in [-0.05, 0) is 18.4 Å². The predicted molar refractivity (Wildman–Crippen MR) is 77.1 cm³/mol. The van der Waals surface area contributed by atoms with Gasteiger partial charge in [-0.25, -0.2) is 0 Å². The van der Waals surface area contributed by atoms with Crippen molar-refractivity contribution in [3.05, 3.63) is 47.6 Å². The minimum atomic E-state index is -0.0144. The van der Waals surface area contributed by atoms with Gasteiger partial charge in [0.15, 0.2) is 5.82 Å². The molecule has 1 aliphatic heterocycles. The molecule has 0 bridgehead atoms. The Labute approximate surface area is 123 Å². The third-order valence-electron chi connectivity index (χ3n) is 4.39. The Morgan fingerprint density at radius 3 is 2.81 bits per heavy atom. The number of benzene rings is 1. The van der Waals surface area contributed by atoms with Crippen molar-refractivity contribution in [1.29, 1.82) is 0 Å². The lowest BCUT2D eigenvalue weighted by molar-refractivity contribution is 0.0744. The van der Waals surface area contributed by atoms with Crippen molar-refractivity contribution >= 4 is 0 Å². The molecule has 4 rings (SSSR count). The summed E-state index contributed by atoms with van der Waals surface area (Å²) in [6.07, 6.45) is 2.93. The molecule has 2 fully saturated rings. The third kappa shape index (κ3) is 2.47. The molecule has 1 saturated carbocycles. The van der Waals surface area contributed by atoms with E-state index in [-0.39, 0.29) is 11.5 Å². The van der Waals surface area contributed by atoms with Gasteiger partial charge in [-0.3, -0.25) is 0 Å². The van der Waals surface area contributed by atoms with Crippen molar-refractivity contribution in [2.75, 3.05) is 19.8 Å². The fraction of sp³-hybridized carbons (Fsp3) is 0.500. The van der Waals surface area contributed by atoms with E-state index in [1.54, 1.807) is 0 Å². The van der Waals surface area contributed by atoms with E-state index in [2.05, 4.69) is 39.7 Å². The van der Waals surface area contributed by atoms with Gasteiger partial charge in [-0.2, -0.15) is 4.98 Å². The van der Waals surface area contributed by atoms with E-state index in [4.69, 9.17) is 9.26 Å². The van der Waals surface area contributed by atoms with Crippen LogP contribution in [0.4, 0.5) is 0 Å². The van der Waals surface area contributed by atoms with Gasteiger partial charge in [0, 0.05) is 19.0 Å². The summed E-state index contributed by atoms with van der Waals surface area (Å²) in [7, 11) is 0. The average molecular weight is 285 g/mol. The molecule has 2 aromatic rings. The van der Waals surface area contributed by atoms with Gasteiger partial charge in [-0.1, -0.05) is 35.5 Å². The van der Waals surface area contributed by atoms with Crippen LogP contribution in [0, 0.1) is 0 Å². The van der Waals surface area contributed by atoms with Crippen LogP contribution in [0.25, 0.3) is 0 Å². The van der Waals surface area contributed by atoms with Crippen LogP contribution in [0.2, 0.25) is 0 Å². The molecule has 2 aliphatic rings. The summed E-state index contributed by atoms with van der Waals surface area (Å²) >= 11 is 0. The molecule has 2 heterocycles. The Balaban J connectivity index is 1.52. The minimum Gasteiger partial charge on any atom is -0.378 e. The highest BCUT2D eigenvalue weighted by atomic mass is 16.5. The monoisotopic (exact) mass is 285 g/mol. The number of hydrogen-bond donors (Lipinski definition) is 1. The molecule has 5 nitrogen and oxygen atoms in total. The zero-order chi connectivity index (χ0) is 14.1. The molecular weight excluding hydrogens is 266 g/mol. The molecule has 1 aromatic heterocycles. The van der Waals surface area contributed by atoms with Crippen molar-refractivity contribution in [3.63, 3.8) is 0 Å². The highest BCUT2D eigenvalue weighted by Gasteiger charge is 2.49. The van der Waals surface area contributed by atoms with Crippen molar-refractivity contribution in [2.24, 2.45) is 0 Å². The van der Waals surface area contributed by atoms with Gasteiger partial charge in [0.25, 0.3) is 0 Å². The topological polar surface area (TPSA) is 60.2 Å². The van der Waals surface area contributed by atoms with Crippen LogP contribution in [-0.2, 0) is 16.6 Å². The van der Waals surface area contributed by atoms with E-state index in [1.165, 1.54) is 5.56 Å². The maximum absolute atomic E-state index is 5.46. The molecule has 110 valence electrons. The molecule has 1 unspecified atom stereocenters. The van der Waals surface area contributed by atoms with E-state index in [0.29, 0.717) is 12.5 Å². The Hall–Kier alpha value is -1.72. The van der Waals surface area contributed by atoms with Crippen LogP contribution in [0.1, 0.15) is 30.1 Å². The number of ether oxygens (including phenoxy) is 1. The normalized spacial score (nSPS) is 23.9. The number of nitrogens with one attached hydrogen (secondary N) is 1. The summed E-state index contributed by atoms with van der Waals surface area (Å²) in [4.78, 5) is 4.64. The highest BCUT2D eigenvalue weighted by Crippen LogP contribution is 2.52. The smallest absolute Gasteiger partial charge is 0.228 e. The van der Waals surface area contributed by atoms with Crippen LogP contribution in [0.15, 0.2) is 34.9 Å². The maximum Gasteiger partial charge on any atom is 0.228 e. The first-order chi connectivity index (χ1) is 10.4. The van der Waals surface area contributed by atoms with E-state index < -0.39 is 0 Å². The standard InChI is InChI=1S/C16H19N3O2/c1-2-4-12(5-3-1)16(6-7-16)15-18-14(21-19-15)10-13-11-20-9-8-17-13/h1-5,13,17H,6-11H2. The first kappa shape index (κ1) is 13.0. The molecule has 1 aliphatic carbocycles. The second kappa shape index (κ2) is 5.24. The van der Waals surface area contributed by atoms with Crippen LogP contribution < -0.4 is 5.32 Å². The van der Waals surface area contributed by atoms with Gasteiger partial charge in [0.2, 0.25) is 5.89 Å². The molecule has 21 heavy (non-hydrogen) atoms. The van der Waals surface area contributed by atoms with Crippen LogP contribution in [0.5, 0.6) is 0 Å². The fourth-order valence-electron chi connectivity index (χ4n) is 3.02. The Morgan fingerprint density at radius 1 is 1.24 bits per heavy atom. The van der Waals surface area contributed by atoms with Gasteiger partial charge in [0.05, 0.1) is 18.6 Å². The number of hydrogen-bond acceptors (Lipinski definition) is 5. The summed E-state index contributed by atoms with van der Waals surface area (Å²) < 4.78 is 10.9. The Kier molecular flexibility index (Phi) is 3.24. The SMILES string of the molecule is c1ccc(C2(c3noc(CC4COCCN4)n3)CC2)cc1. The Morgan fingerprint density at radius 2 is 2.10 bits per heavy atom. The summed E-state index contributed by atoms with van der Waals surface area (Å²) in [5, 5.41) is 7.65.